The Morgan fingerprint density at radius 2 is 1.48 bits per heavy atom. The molecule has 0 aromatic heterocycles. The highest BCUT2D eigenvalue weighted by Crippen LogP contribution is 2.35. The third-order valence-electron chi connectivity index (χ3n) is 2.71. The minimum atomic E-state index is -2.13. The van der Waals surface area contributed by atoms with E-state index in [0.717, 1.165) is 5.56 Å². The van der Waals surface area contributed by atoms with Gasteiger partial charge in [-0.2, -0.15) is 0 Å². The summed E-state index contributed by atoms with van der Waals surface area (Å²) in [6.45, 7) is 3.49. The molecule has 8 heteroatoms. The Kier molecular flexibility index (Phi) is 6.28. The number of aryl methyl sites for hydroxylation is 2. The number of carbonyl (C=O) groups is 2. The standard InChI is InChI=1S/C13H10Cl6O2/c1-6-3-7(2)10(11(21)13(17,18)19)8(4-6)5-9(20)12(14,15)16/h3-4H,5H2,1-2H3. The number of carbonyl (C=O) groups excluding carboxylic acids is 2. The molecule has 0 bridgehead atoms. The summed E-state index contributed by atoms with van der Waals surface area (Å²) in [6, 6.07) is 3.37. The van der Waals surface area contributed by atoms with Crippen molar-refractivity contribution in [1.29, 1.82) is 0 Å². The molecule has 116 valence electrons. The quantitative estimate of drug-likeness (QED) is 0.498. The predicted octanol–water partition coefficient (Wildman–Crippen LogP) is 5.34. The Bertz CT molecular complexity index is 584. The number of ketones is 2. The Labute approximate surface area is 152 Å². The predicted molar refractivity (Wildman–Crippen MR) is 89.5 cm³/mol. The van der Waals surface area contributed by atoms with E-state index in [1.807, 2.05) is 0 Å². The summed E-state index contributed by atoms with van der Waals surface area (Å²) in [7, 11) is 0. The average molecular weight is 411 g/mol. The molecule has 1 rings (SSSR count). The summed E-state index contributed by atoms with van der Waals surface area (Å²) in [5.74, 6) is -1.40. The van der Waals surface area contributed by atoms with Gasteiger partial charge in [-0.1, -0.05) is 87.3 Å². The second-order valence-corrected chi connectivity index (χ2v) is 9.10. The minimum absolute atomic E-state index is 0.156. The molecule has 0 atom stereocenters. The normalized spacial score (nSPS) is 12.4. The summed E-state index contributed by atoms with van der Waals surface area (Å²) >= 11 is 33.6. The van der Waals surface area contributed by atoms with Crippen molar-refractivity contribution < 1.29 is 9.59 Å². The summed E-state index contributed by atoms with van der Waals surface area (Å²) < 4.78 is -4.20. The van der Waals surface area contributed by atoms with E-state index in [-0.39, 0.29) is 12.0 Å². The number of hydrogen-bond donors (Lipinski definition) is 0. The maximum absolute atomic E-state index is 12.2. The molecule has 0 saturated carbocycles. The van der Waals surface area contributed by atoms with E-state index < -0.39 is 19.2 Å². The lowest BCUT2D eigenvalue weighted by Crippen LogP contribution is -2.26. The van der Waals surface area contributed by atoms with Gasteiger partial charge in [0.2, 0.25) is 9.58 Å². The Morgan fingerprint density at radius 1 is 0.952 bits per heavy atom. The van der Waals surface area contributed by atoms with Crippen molar-refractivity contribution in [2.75, 3.05) is 0 Å². The van der Waals surface area contributed by atoms with Gasteiger partial charge in [0.1, 0.15) is 0 Å². The molecule has 0 unspecified atom stereocenters. The first-order chi connectivity index (χ1) is 9.34. The van der Waals surface area contributed by atoms with Crippen molar-refractivity contribution in [2.24, 2.45) is 0 Å². The largest absolute Gasteiger partial charge is 0.294 e. The van der Waals surface area contributed by atoms with Crippen LogP contribution in [0.1, 0.15) is 27.0 Å². The summed E-state index contributed by atoms with van der Waals surface area (Å²) in [4.78, 5) is 24.1. The van der Waals surface area contributed by atoms with E-state index in [4.69, 9.17) is 69.6 Å². The minimum Gasteiger partial charge on any atom is -0.294 e. The van der Waals surface area contributed by atoms with Gasteiger partial charge < -0.3 is 0 Å². The molecular formula is C13H10Cl6O2. The first-order valence-corrected chi connectivity index (χ1v) is 7.92. The molecule has 0 radical (unpaired) electrons. The van der Waals surface area contributed by atoms with Crippen molar-refractivity contribution in [3.05, 3.63) is 34.4 Å². The molecule has 21 heavy (non-hydrogen) atoms. The molecule has 0 heterocycles. The molecule has 0 aliphatic carbocycles. The van der Waals surface area contributed by atoms with Crippen LogP contribution in [-0.4, -0.2) is 19.2 Å². The number of alkyl halides is 6. The van der Waals surface area contributed by atoms with Crippen molar-refractivity contribution in [2.45, 2.75) is 27.9 Å². The monoisotopic (exact) mass is 408 g/mol. The fraction of sp³-hybridized carbons (Fsp3) is 0.385. The molecular weight excluding hydrogens is 401 g/mol. The Balaban J connectivity index is 3.38. The number of benzene rings is 1. The molecule has 0 spiro atoms. The lowest BCUT2D eigenvalue weighted by atomic mass is 9.93. The highest BCUT2D eigenvalue weighted by atomic mass is 35.6. The maximum Gasteiger partial charge on any atom is 0.253 e. The number of hydrogen-bond acceptors (Lipinski definition) is 2. The molecule has 0 N–H and O–H groups in total. The van der Waals surface area contributed by atoms with Crippen LogP contribution in [0.15, 0.2) is 12.1 Å². The van der Waals surface area contributed by atoms with E-state index in [1.54, 1.807) is 26.0 Å². The second-order valence-electron chi connectivity index (χ2n) is 4.54. The second kappa shape index (κ2) is 6.82. The third kappa shape index (κ3) is 5.16. The van der Waals surface area contributed by atoms with Crippen molar-refractivity contribution in [3.8, 4) is 0 Å². The van der Waals surface area contributed by atoms with Gasteiger partial charge in [-0.05, 0) is 25.0 Å². The van der Waals surface area contributed by atoms with Gasteiger partial charge in [-0.15, -0.1) is 0 Å². The van der Waals surface area contributed by atoms with Crippen LogP contribution in [0.5, 0.6) is 0 Å². The van der Waals surface area contributed by atoms with Crippen molar-refractivity contribution in [1.82, 2.24) is 0 Å². The number of halogens is 6. The molecule has 1 aromatic rings. The van der Waals surface area contributed by atoms with Crippen LogP contribution >= 0.6 is 69.6 Å². The van der Waals surface area contributed by atoms with Crippen LogP contribution in [0.3, 0.4) is 0 Å². The molecule has 0 aliphatic rings. The smallest absolute Gasteiger partial charge is 0.253 e. The van der Waals surface area contributed by atoms with E-state index >= 15 is 0 Å². The zero-order valence-electron chi connectivity index (χ0n) is 10.9. The van der Waals surface area contributed by atoms with Gasteiger partial charge >= 0.3 is 0 Å². The van der Waals surface area contributed by atoms with Crippen LogP contribution in [0.4, 0.5) is 0 Å². The molecule has 1 aromatic carbocycles. The molecule has 0 amide bonds. The van der Waals surface area contributed by atoms with Gasteiger partial charge in [0, 0.05) is 12.0 Å². The third-order valence-corrected chi connectivity index (χ3v) is 3.86. The van der Waals surface area contributed by atoms with Crippen LogP contribution in [0, 0.1) is 13.8 Å². The van der Waals surface area contributed by atoms with E-state index in [9.17, 15) is 9.59 Å². The summed E-state index contributed by atoms with van der Waals surface area (Å²) in [6.07, 6.45) is -0.249. The van der Waals surface area contributed by atoms with Crippen LogP contribution < -0.4 is 0 Å². The highest BCUT2D eigenvalue weighted by Gasteiger charge is 2.36. The van der Waals surface area contributed by atoms with Gasteiger partial charge in [-0.25, -0.2) is 0 Å². The molecule has 0 saturated heterocycles. The van der Waals surface area contributed by atoms with Gasteiger partial charge in [0.15, 0.2) is 5.78 Å². The van der Waals surface area contributed by atoms with E-state index in [0.29, 0.717) is 11.1 Å². The van der Waals surface area contributed by atoms with Crippen molar-refractivity contribution in [3.63, 3.8) is 0 Å². The number of Topliss-reactive ketones (excluding diaryl/α,β-unsaturated/α-hetero) is 2. The SMILES string of the molecule is Cc1cc(C)c(C(=O)C(Cl)(Cl)Cl)c(CC(=O)C(Cl)(Cl)Cl)c1. The average Bonchev–Trinajstić information content (AvgIpc) is 2.24. The Hall–Kier alpha value is 0.300. The first kappa shape index (κ1) is 19.3. The fourth-order valence-electron chi connectivity index (χ4n) is 1.93. The lowest BCUT2D eigenvalue weighted by Gasteiger charge is -2.18. The zero-order valence-corrected chi connectivity index (χ0v) is 15.5. The maximum atomic E-state index is 12.2. The van der Waals surface area contributed by atoms with Gasteiger partial charge in [0.05, 0.1) is 0 Å². The molecule has 0 aliphatic heterocycles. The van der Waals surface area contributed by atoms with Gasteiger partial charge in [-0.3, -0.25) is 9.59 Å². The zero-order chi connectivity index (χ0) is 16.6. The lowest BCUT2D eigenvalue weighted by molar-refractivity contribution is -0.117. The summed E-state index contributed by atoms with van der Waals surface area (Å²) in [5.41, 5.74) is 1.93. The van der Waals surface area contributed by atoms with Gasteiger partial charge in [0.25, 0.3) is 3.79 Å². The van der Waals surface area contributed by atoms with Crippen molar-refractivity contribution >= 4 is 81.2 Å². The molecule has 2 nitrogen and oxygen atoms in total. The highest BCUT2D eigenvalue weighted by molar-refractivity contribution is 6.78. The fourth-order valence-corrected chi connectivity index (χ4v) is 2.42. The number of rotatable bonds is 3. The molecule has 0 fully saturated rings. The van der Waals surface area contributed by atoms with Crippen LogP contribution in [-0.2, 0) is 11.2 Å². The van der Waals surface area contributed by atoms with E-state index in [2.05, 4.69) is 0 Å². The van der Waals surface area contributed by atoms with Crippen LogP contribution in [0.2, 0.25) is 0 Å². The topological polar surface area (TPSA) is 34.1 Å². The summed E-state index contributed by atoms with van der Waals surface area (Å²) in [5, 5.41) is 0. The Morgan fingerprint density at radius 3 is 1.90 bits per heavy atom. The first-order valence-electron chi connectivity index (χ1n) is 5.65. The van der Waals surface area contributed by atoms with E-state index in [1.165, 1.54) is 0 Å². The van der Waals surface area contributed by atoms with Crippen LogP contribution in [0.25, 0.3) is 0 Å².